The summed E-state index contributed by atoms with van der Waals surface area (Å²) in [4.78, 5) is 21.1. The Bertz CT molecular complexity index is 1120. The van der Waals surface area contributed by atoms with E-state index in [9.17, 15) is 4.79 Å². The van der Waals surface area contributed by atoms with Gasteiger partial charge in [0.15, 0.2) is 0 Å². The van der Waals surface area contributed by atoms with E-state index in [1.165, 1.54) is 6.33 Å². The predicted molar refractivity (Wildman–Crippen MR) is 109 cm³/mol. The van der Waals surface area contributed by atoms with Gasteiger partial charge in [-0.25, -0.2) is 9.97 Å². The van der Waals surface area contributed by atoms with E-state index in [2.05, 4.69) is 15.3 Å². The maximum absolute atomic E-state index is 12.5. The van der Waals surface area contributed by atoms with E-state index < -0.39 is 0 Å². The fraction of sp³-hybridized carbons (Fsp3) is 0.0870. The molecule has 0 spiro atoms. The first kappa shape index (κ1) is 17.7. The van der Waals surface area contributed by atoms with Gasteiger partial charge < -0.3 is 10.1 Å². The molecule has 5 heteroatoms. The molecule has 0 aliphatic heterocycles. The second kappa shape index (κ2) is 7.88. The van der Waals surface area contributed by atoms with Gasteiger partial charge in [0.05, 0.1) is 25.0 Å². The lowest BCUT2D eigenvalue weighted by molar-refractivity contribution is 0.0950. The maximum atomic E-state index is 12.5. The van der Waals surface area contributed by atoms with Crippen molar-refractivity contribution in [3.8, 4) is 17.0 Å². The van der Waals surface area contributed by atoms with Crippen molar-refractivity contribution in [2.75, 3.05) is 7.11 Å². The van der Waals surface area contributed by atoms with Crippen LogP contribution in [0.1, 0.15) is 16.1 Å². The molecule has 0 aliphatic carbocycles. The summed E-state index contributed by atoms with van der Waals surface area (Å²) in [7, 11) is 1.63. The fourth-order valence-electron chi connectivity index (χ4n) is 3.02. The molecule has 28 heavy (non-hydrogen) atoms. The Morgan fingerprint density at radius 2 is 1.71 bits per heavy atom. The normalized spacial score (nSPS) is 10.6. The standard InChI is InChI=1S/C23H19N3O2/c1-28-21-10-8-17(9-11-21)22-13-20(25-15-26-22)14-24-23(27)19-7-6-16-4-2-3-5-18(16)12-19/h2-13,15H,14H2,1H3,(H,24,27). The Hall–Kier alpha value is -3.73. The molecule has 0 atom stereocenters. The second-order valence-corrected chi connectivity index (χ2v) is 6.37. The topological polar surface area (TPSA) is 64.1 Å². The quantitative estimate of drug-likeness (QED) is 0.572. The van der Waals surface area contributed by atoms with Gasteiger partial charge in [-0.1, -0.05) is 30.3 Å². The molecule has 0 radical (unpaired) electrons. The molecule has 0 unspecified atom stereocenters. The van der Waals surface area contributed by atoms with E-state index in [4.69, 9.17) is 4.74 Å². The van der Waals surface area contributed by atoms with Gasteiger partial charge in [0.1, 0.15) is 12.1 Å². The van der Waals surface area contributed by atoms with E-state index in [1.54, 1.807) is 7.11 Å². The van der Waals surface area contributed by atoms with Gasteiger partial charge in [0.2, 0.25) is 0 Å². The SMILES string of the molecule is COc1ccc(-c2cc(CNC(=O)c3ccc4ccccc4c3)ncn2)cc1. The number of fused-ring (bicyclic) bond motifs is 1. The molecule has 1 N–H and O–H groups in total. The van der Waals surface area contributed by atoms with Crippen molar-refractivity contribution in [3.05, 3.63) is 90.4 Å². The number of rotatable bonds is 5. The predicted octanol–water partition coefficient (Wildman–Crippen LogP) is 4.24. The third kappa shape index (κ3) is 3.83. The van der Waals surface area contributed by atoms with Crippen molar-refractivity contribution in [1.82, 2.24) is 15.3 Å². The van der Waals surface area contributed by atoms with E-state index in [-0.39, 0.29) is 5.91 Å². The monoisotopic (exact) mass is 369 g/mol. The van der Waals surface area contributed by atoms with Crippen molar-refractivity contribution >= 4 is 16.7 Å². The Labute approximate surface area is 163 Å². The molecular weight excluding hydrogens is 350 g/mol. The van der Waals surface area contributed by atoms with Gasteiger partial charge in [-0.15, -0.1) is 0 Å². The van der Waals surface area contributed by atoms with Crippen LogP contribution >= 0.6 is 0 Å². The highest BCUT2D eigenvalue weighted by Gasteiger charge is 2.08. The molecule has 0 saturated heterocycles. The first-order valence-corrected chi connectivity index (χ1v) is 8.95. The number of aromatic nitrogens is 2. The average Bonchev–Trinajstić information content (AvgIpc) is 2.77. The number of hydrogen-bond donors (Lipinski definition) is 1. The van der Waals surface area contributed by atoms with Crippen LogP contribution in [-0.2, 0) is 6.54 Å². The first-order chi connectivity index (χ1) is 13.7. The molecule has 4 rings (SSSR count). The summed E-state index contributed by atoms with van der Waals surface area (Å²) in [5.41, 5.74) is 3.14. The van der Waals surface area contributed by atoms with Crippen LogP contribution < -0.4 is 10.1 Å². The number of methoxy groups -OCH3 is 1. The van der Waals surface area contributed by atoms with E-state index in [0.29, 0.717) is 12.1 Å². The van der Waals surface area contributed by atoms with Crippen molar-refractivity contribution in [1.29, 1.82) is 0 Å². The third-order valence-electron chi connectivity index (χ3n) is 4.55. The number of hydrogen-bond acceptors (Lipinski definition) is 4. The van der Waals surface area contributed by atoms with Crippen LogP contribution in [0.25, 0.3) is 22.0 Å². The van der Waals surface area contributed by atoms with Crippen LogP contribution in [0.4, 0.5) is 0 Å². The van der Waals surface area contributed by atoms with Crippen molar-refractivity contribution in [2.24, 2.45) is 0 Å². The van der Waals surface area contributed by atoms with Crippen LogP contribution in [0.15, 0.2) is 79.1 Å². The summed E-state index contributed by atoms with van der Waals surface area (Å²) in [6.45, 7) is 0.331. The Kier molecular flexibility index (Phi) is 4.97. The molecule has 138 valence electrons. The summed E-state index contributed by atoms with van der Waals surface area (Å²) in [6.07, 6.45) is 1.51. The number of ether oxygens (including phenoxy) is 1. The molecule has 0 fully saturated rings. The van der Waals surface area contributed by atoms with E-state index in [0.717, 1.165) is 33.5 Å². The van der Waals surface area contributed by atoms with Gasteiger partial charge in [-0.2, -0.15) is 0 Å². The van der Waals surface area contributed by atoms with Crippen molar-refractivity contribution in [2.45, 2.75) is 6.54 Å². The number of nitrogens with zero attached hydrogens (tertiary/aromatic N) is 2. The first-order valence-electron chi connectivity index (χ1n) is 8.95. The number of carbonyl (C=O) groups is 1. The number of carbonyl (C=O) groups excluding carboxylic acids is 1. The second-order valence-electron chi connectivity index (χ2n) is 6.37. The molecule has 0 bridgehead atoms. The van der Waals surface area contributed by atoms with Crippen LogP contribution in [0.3, 0.4) is 0 Å². The summed E-state index contributed by atoms with van der Waals surface area (Å²) >= 11 is 0. The molecule has 3 aromatic carbocycles. The van der Waals surface area contributed by atoms with Gasteiger partial charge in [-0.3, -0.25) is 4.79 Å². The van der Waals surface area contributed by atoms with Crippen LogP contribution in [0.5, 0.6) is 5.75 Å². The summed E-state index contributed by atoms with van der Waals surface area (Å²) in [5.74, 6) is 0.663. The van der Waals surface area contributed by atoms with Gasteiger partial charge in [0, 0.05) is 11.1 Å². The van der Waals surface area contributed by atoms with E-state index >= 15 is 0 Å². The highest BCUT2D eigenvalue weighted by molar-refractivity contribution is 5.98. The zero-order valence-electron chi connectivity index (χ0n) is 15.4. The van der Waals surface area contributed by atoms with Crippen molar-refractivity contribution in [3.63, 3.8) is 0 Å². The van der Waals surface area contributed by atoms with Gasteiger partial charge in [0.25, 0.3) is 5.91 Å². The molecule has 0 aliphatic rings. The zero-order valence-corrected chi connectivity index (χ0v) is 15.4. The zero-order chi connectivity index (χ0) is 19.3. The molecule has 5 nitrogen and oxygen atoms in total. The van der Waals surface area contributed by atoms with Crippen LogP contribution in [0, 0.1) is 0 Å². The van der Waals surface area contributed by atoms with E-state index in [1.807, 2.05) is 72.8 Å². The lowest BCUT2D eigenvalue weighted by Gasteiger charge is -2.08. The van der Waals surface area contributed by atoms with Gasteiger partial charge >= 0.3 is 0 Å². The lowest BCUT2D eigenvalue weighted by atomic mass is 10.1. The largest absolute Gasteiger partial charge is 0.497 e. The van der Waals surface area contributed by atoms with Crippen LogP contribution in [-0.4, -0.2) is 23.0 Å². The molecule has 1 heterocycles. The number of benzene rings is 3. The molecule has 1 aromatic heterocycles. The minimum absolute atomic E-state index is 0.129. The highest BCUT2D eigenvalue weighted by atomic mass is 16.5. The van der Waals surface area contributed by atoms with Crippen molar-refractivity contribution < 1.29 is 9.53 Å². The minimum atomic E-state index is -0.129. The Balaban J connectivity index is 1.47. The summed E-state index contributed by atoms with van der Waals surface area (Å²) < 4.78 is 5.18. The lowest BCUT2D eigenvalue weighted by Crippen LogP contribution is -2.23. The fourth-order valence-corrected chi connectivity index (χ4v) is 3.02. The molecular formula is C23H19N3O2. The number of amides is 1. The molecule has 4 aromatic rings. The Morgan fingerprint density at radius 1 is 0.929 bits per heavy atom. The third-order valence-corrected chi connectivity index (χ3v) is 4.55. The number of nitrogens with one attached hydrogen (secondary N) is 1. The Morgan fingerprint density at radius 3 is 2.50 bits per heavy atom. The van der Waals surface area contributed by atoms with Crippen LogP contribution in [0.2, 0.25) is 0 Å². The smallest absolute Gasteiger partial charge is 0.251 e. The molecule has 0 saturated carbocycles. The maximum Gasteiger partial charge on any atom is 0.251 e. The minimum Gasteiger partial charge on any atom is -0.497 e. The highest BCUT2D eigenvalue weighted by Crippen LogP contribution is 2.21. The van der Waals surface area contributed by atoms with Gasteiger partial charge in [-0.05, 0) is 53.2 Å². The summed E-state index contributed by atoms with van der Waals surface area (Å²) in [5, 5.41) is 5.08. The average molecular weight is 369 g/mol. The molecule has 1 amide bonds. The summed E-state index contributed by atoms with van der Waals surface area (Å²) in [6, 6.07) is 23.2.